The Balaban J connectivity index is 5.37. The van der Waals surface area contributed by atoms with Gasteiger partial charge in [0.1, 0.15) is 0 Å². The average Bonchev–Trinajstić information content (AvgIpc) is 2.15. The van der Waals surface area contributed by atoms with Crippen LogP contribution in [-0.2, 0) is 4.79 Å². The molecule has 0 radical (unpaired) electrons. The zero-order valence-corrected chi connectivity index (χ0v) is 8.16. The zero-order valence-electron chi connectivity index (χ0n) is 8.16. The van der Waals surface area contributed by atoms with Crippen molar-refractivity contribution in [2.45, 2.75) is 44.2 Å². The lowest BCUT2D eigenvalue weighted by Crippen LogP contribution is -2.59. The molecule has 0 aromatic rings. The van der Waals surface area contributed by atoms with E-state index in [4.69, 9.17) is 5.11 Å². The van der Waals surface area contributed by atoms with Gasteiger partial charge < -0.3 is 5.11 Å². The smallest absolute Gasteiger partial charge is 0.407 e. The molecule has 90 valence electrons. The first-order chi connectivity index (χ1) is 6.56. The molecular weight excluding hydrogens is 223 g/mol. The van der Waals surface area contributed by atoms with E-state index in [1.165, 1.54) is 0 Å². The van der Waals surface area contributed by atoms with Gasteiger partial charge >= 0.3 is 17.8 Å². The highest BCUT2D eigenvalue weighted by Crippen LogP contribution is 2.47. The largest absolute Gasteiger partial charge is 0.477 e. The maximum Gasteiger partial charge on any atom is 0.407 e. The first kappa shape index (κ1) is 14.1. The number of carboxylic acids is 1. The maximum absolute atomic E-state index is 13.4. The molecule has 0 aliphatic heterocycles. The van der Waals surface area contributed by atoms with Gasteiger partial charge in [0.05, 0.1) is 0 Å². The van der Waals surface area contributed by atoms with Crippen LogP contribution in [0.4, 0.5) is 22.0 Å². The van der Waals surface area contributed by atoms with Crippen molar-refractivity contribution >= 4 is 5.97 Å². The molecule has 0 aliphatic carbocycles. The summed E-state index contributed by atoms with van der Waals surface area (Å²) in [4.78, 5) is 9.95. The topological polar surface area (TPSA) is 37.3 Å². The van der Waals surface area contributed by atoms with E-state index in [0.29, 0.717) is 0 Å². The second kappa shape index (κ2) is 3.94. The van der Waals surface area contributed by atoms with Crippen LogP contribution < -0.4 is 0 Å². The fourth-order valence-corrected chi connectivity index (χ4v) is 1.11. The van der Waals surface area contributed by atoms with Crippen LogP contribution in [0.1, 0.15) is 26.7 Å². The molecule has 2 nitrogen and oxygen atoms in total. The number of carbonyl (C=O) groups is 1. The third-order valence-electron chi connectivity index (χ3n) is 2.35. The molecule has 0 spiro atoms. The lowest BCUT2D eigenvalue weighted by atomic mass is 9.87. The normalized spacial score (nSPS) is 14.1. The highest BCUT2D eigenvalue weighted by atomic mass is 19.3. The summed E-state index contributed by atoms with van der Waals surface area (Å²) in [5.74, 6) is -13.7. The number of halogens is 5. The summed E-state index contributed by atoms with van der Waals surface area (Å²) in [6, 6.07) is 0. The highest BCUT2D eigenvalue weighted by Gasteiger charge is 2.72. The van der Waals surface area contributed by atoms with Gasteiger partial charge in [-0.2, -0.15) is 17.6 Å². The Morgan fingerprint density at radius 1 is 1.07 bits per heavy atom. The Hall–Kier alpha value is -0.880. The number of alkyl halides is 5. The van der Waals surface area contributed by atoms with Crippen LogP contribution in [0.25, 0.3) is 0 Å². The van der Waals surface area contributed by atoms with E-state index in [9.17, 15) is 26.7 Å². The van der Waals surface area contributed by atoms with Gasteiger partial charge in [0, 0.05) is 0 Å². The minimum absolute atomic E-state index is 0.890. The molecule has 15 heavy (non-hydrogen) atoms. The third-order valence-corrected chi connectivity index (χ3v) is 2.35. The molecule has 0 heterocycles. The molecule has 0 aliphatic rings. The number of rotatable bonds is 5. The summed E-state index contributed by atoms with van der Waals surface area (Å²) in [6.45, 7) is 1.91. The van der Waals surface area contributed by atoms with E-state index in [1.807, 2.05) is 0 Å². The number of hydrogen-bond donors (Lipinski definition) is 1. The molecule has 0 aromatic carbocycles. The second-order valence-corrected chi connectivity index (χ2v) is 3.13. The minimum Gasteiger partial charge on any atom is -0.477 e. The van der Waals surface area contributed by atoms with Crippen LogP contribution in [0.5, 0.6) is 0 Å². The molecule has 0 unspecified atom stereocenters. The van der Waals surface area contributed by atoms with Gasteiger partial charge in [-0.15, -0.1) is 0 Å². The van der Waals surface area contributed by atoms with Crippen LogP contribution in [-0.4, -0.2) is 28.6 Å². The summed E-state index contributed by atoms with van der Waals surface area (Å²) in [5.41, 5.74) is -3.52. The number of carboxylic acid groups (broad SMARTS) is 1. The summed E-state index contributed by atoms with van der Waals surface area (Å²) in [6.07, 6.45) is -1.78. The Bertz CT molecular complexity index is 247. The molecule has 0 amide bonds. The average molecular weight is 234 g/mol. The van der Waals surface area contributed by atoms with Gasteiger partial charge in [-0.3, -0.25) is 0 Å². The van der Waals surface area contributed by atoms with E-state index < -0.39 is 36.3 Å². The molecule has 1 N–H and O–H groups in total. The second-order valence-electron chi connectivity index (χ2n) is 3.13. The van der Waals surface area contributed by atoms with E-state index >= 15 is 0 Å². The van der Waals surface area contributed by atoms with Crippen molar-refractivity contribution in [3.8, 4) is 0 Å². The van der Waals surface area contributed by atoms with Gasteiger partial charge in [-0.1, -0.05) is 13.8 Å². The van der Waals surface area contributed by atoms with Crippen LogP contribution >= 0.6 is 0 Å². The van der Waals surface area contributed by atoms with Crippen molar-refractivity contribution in [1.82, 2.24) is 0 Å². The minimum atomic E-state index is -5.41. The van der Waals surface area contributed by atoms with E-state index in [-0.39, 0.29) is 0 Å². The van der Waals surface area contributed by atoms with Gasteiger partial charge in [0.15, 0.2) is 5.67 Å². The molecule has 0 fully saturated rings. The standard InChI is InChI=1S/C8H11F5O2/c1-3-6(9,4-2)8(12,13)7(10,11)5(14)15/h3-4H2,1-2H3,(H,14,15). The molecule has 0 atom stereocenters. The lowest BCUT2D eigenvalue weighted by Gasteiger charge is -2.34. The van der Waals surface area contributed by atoms with Crippen molar-refractivity contribution in [3.63, 3.8) is 0 Å². The third kappa shape index (κ3) is 1.91. The summed E-state index contributed by atoms with van der Waals surface area (Å²) >= 11 is 0. The Morgan fingerprint density at radius 2 is 1.40 bits per heavy atom. The quantitative estimate of drug-likeness (QED) is 0.742. The molecule has 0 saturated heterocycles. The summed E-state index contributed by atoms with van der Waals surface area (Å²) in [5, 5.41) is 7.93. The molecule has 0 aromatic heterocycles. The van der Waals surface area contributed by atoms with Crippen LogP contribution in [0.15, 0.2) is 0 Å². The Kier molecular flexibility index (Phi) is 3.71. The fraction of sp³-hybridized carbons (Fsp3) is 0.875. The summed E-state index contributed by atoms with van der Waals surface area (Å²) in [7, 11) is 0. The molecule has 0 saturated carbocycles. The van der Waals surface area contributed by atoms with Gasteiger partial charge in [0.25, 0.3) is 0 Å². The predicted octanol–water partition coefficient (Wildman–Crippen LogP) is 2.87. The van der Waals surface area contributed by atoms with Crippen molar-refractivity contribution < 1.29 is 31.9 Å². The van der Waals surface area contributed by atoms with Crippen molar-refractivity contribution in [2.24, 2.45) is 0 Å². The molecule has 0 rings (SSSR count). The zero-order chi connectivity index (χ0) is 12.5. The van der Waals surface area contributed by atoms with Gasteiger partial charge in [0.2, 0.25) is 0 Å². The lowest BCUT2D eigenvalue weighted by molar-refractivity contribution is -0.271. The summed E-state index contributed by atoms with van der Waals surface area (Å²) < 4.78 is 64.6. The predicted molar refractivity (Wildman–Crippen MR) is 42.0 cm³/mol. The van der Waals surface area contributed by atoms with Gasteiger partial charge in [-0.25, -0.2) is 9.18 Å². The number of hydrogen-bond acceptors (Lipinski definition) is 1. The Morgan fingerprint density at radius 3 is 1.60 bits per heavy atom. The number of aliphatic carboxylic acids is 1. The first-order valence-corrected chi connectivity index (χ1v) is 4.24. The van der Waals surface area contributed by atoms with E-state index in [0.717, 1.165) is 13.8 Å². The van der Waals surface area contributed by atoms with Crippen molar-refractivity contribution in [3.05, 3.63) is 0 Å². The monoisotopic (exact) mass is 234 g/mol. The first-order valence-electron chi connectivity index (χ1n) is 4.24. The van der Waals surface area contributed by atoms with Gasteiger partial charge in [-0.05, 0) is 12.8 Å². The highest BCUT2D eigenvalue weighted by molar-refractivity contribution is 5.77. The van der Waals surface area contributed by atoms with Crippen molar-refractivity contribution in [1.29, 1.82) is 0 Å². The fourth-order valence-electron chi connectivity index (χ4n) is 1.11. The maximum atomic E-state index is 13.4. The van der Waals surface area contributed by atoms with Crippen LogP contribution in [0, 0.1) is 0 Å². The Labute approximate surface area is 83.1 Å². The molecule has 7 heteroatoms. The van der Waals surface area contributed by atoms with Crippen LogP contribution in [0.3, 0.4) is 0 Å². The SMILES string of the molecule is CCC(F)(CC)C(F)(F)C(F)(F)C(=O)O. The molecule has 0 bridgehead atoms. The van der Waals surface area contributed by atoms with Crippen LogP contribution in [0.2, 0.25) is 0 Å². The van der Waals surface area contributed by atoms with E-state index in [2.05, 4.69) is 0 Å². The van der Waals surface area contributed by atoms with Crippen molar-refractivity contribution in [2.75, 3.05) is 0 Å². The van der Waals surface area contributed by atoms with E-state index in [1.54, 1.807) is 0 Å². The molecular formula is C8H11F5O2.